The van der Waals surface area contributed by atoms with Gasteiger partial charge in [-0.1, -0.05) is 6.07 Å². The summed E-state index contributed by atoms with van der Waals surface area (Å²) in [6, 6.07) is 3.12. The van der Waals surface area contributed by atoms with Crippen LogP contribution in [0.1, 0.15) is 19.4 Å². The summed E-state index contributed by atoms with van der Waals surface area (Å²) >= 11 is 0. The molecular weight excluding hydrogens is 226 g/mol. The number of pyridine rings is 1. The van der Waals surface area contributed by atoms with Gasteiger partial charge >= 0.3 is 0 Å². The van der Waals surface area contributed by atoms with Crippen molar-refractivity contribution in [1.82, 2.24) is 15.0 Å². The van der Waals surface area contributed by atoms with Crippen LogP contribution in [0.4, 0.5) is 0 Å². The molecule has 0 fully saturated rings. The molecule has 0 spiro atoms. The summed E-state index contributed by atoms with van der Waals surface area (Å²) in [7, 11) is -1.65. The Bertz CT molecular complexity index is 426. The van der Waals surface area contributed by atoms with Gasteiger partial charge in [-0.25, -0.2) is 18.1 Å². The fourth-order valence-electron chi connectivity index (χ4n) is 1.25. The molecule has 5 nitrogen and oxygen atoms in total. The molecule has 16 heavy (non-hydrogen) atoms. The molecule has 0 radical (unpaired) electrons. The van der Waals surface area contributed by atoms with Gasteiger partial charge in [0, 0.05) is 18.8 Å². The maximum Gasteiger partial charge on any atom is 0.258 e. The van der Waals surface area contributed by atoms with Crippen molar-refractivity contribution in [1.29, 1.82) is 0 Å². The molecule has 2 N–H and O–H groups in total. The van der Waals surface area contributed by atoms with Crippen molar-refractivity contribution in [3.8, 4) is 0 Å². The Morgan fingerprint density at radius 3 is 2.50 bits per heavy atom. The molecule has 0 saturated heterocycles. The van der Waals surface area contributed by atoms with Crippen molar-refractivity contribution in [3.05, 3.63) is 23.9 Å². The van der Waals surface area contributed by atoms with Crippen molar-refractivity contribution >= 4 is 10.0 Å². The van der Waals surface area contributed by atoms with Gasteiger partial charge in [0.15, 0.2) is 5.03 Å². The van der Waals surface area contributed by atoms with Gasteiger partial charge in [-0.3, -0.25) is 0 Å². The van der Waals surface area contributed by atoms with Gasteiger partial charge in [-0.15, -0.1) is 0 Å². The van der Waals surface area contributed by atoms with Gasteiger partial charge in [0.25, 0.3) is 10.0 Å². The fourth-order valence-corrected chi connectivity index (χ4v) is 2.43. The molecular formula is C10H17N3O2S. The van der Waals surface area contributed by atoms with Gasteiger partial charge in [0.1, 0.15) is 0 Å². The van der Waals surface area contributed by atoms with Crippen molar-refractivity contribution in [2.75, 3.05) is 7.05 Å². The summed E-state index contributed by atoms with van der Waals surface area (Å²) < 4.78 is 25.9. The third-order valence-electron chi connectivity index (χ3n) is 1.84. The van der Waals surface area contributed by atoms with Gasteiger partial charge in [-0.05, 0) is 32.5 Å². The van der Waals surface area contributed by atoms with E-state index in [1.54, 1.807) is 26.1 Å². The Morgan fingerprint density at radius 1 is 1.38 bits per heavy atom. The zero-order valence-electron chi connectivity index (χ0n) is 9.69. The molecule has 0 aliphatic rings. The van der Waals surface area contributed by atoms with Crippen molar-refractivity contribution in [3.63, 3.8) is 0 Å². The minimum Gasteiger partial charge on any atom is -0.316 e. The van der Waals surface area contributed by atoms with Crippen molar-refractivity contribution in [2.45, 2.75) is 31.5 Å². The number of nitrogens with one attached hydrogen (secondary N) is 2. The van der Waals surface area contributed by atoms with Gasteiger partial charge in [0.2, 0.25) is 0 Å². The Kier molecular flexibility index (Phi) is 4.40. The maximum absolute atomic E-state index is 11.7. The second kappa shape index (κ2) is 5.38. The highest BCUT2D eigenvalue weighted by molar-refractivity contribution is 7.89. The van der Waals surface area contributed by atoms with Crippen LogP contribution in [-0.4, -0.2) is 26.5 Å². The Balaban J connectivity index is 2.89. The summed E-state index contributed by atoms with van der Waals surface area (Å²) in [5.41, 5.74) is 0.950. The minimum absolute atomic E-state index is 0.0565. The van der Waals surface area contributed by atoms with Crippen molar-refractivity contribution < 1.29 is 8.42 Å². The van der Waals surface area contributed by atoms with E-state index in [0.717, 1.165) is 5.56 Å². The molecule has 0 atom stereocenters. The first kappa shape index (κ1) is 13.1. The van der Waals surface area contributed by atoms with E-state index in [0.29, 0.717) is 6.54 Å². The van der Waals surface area contributed by atoms with E-state index in [9.17, 15) is 8.42 Å². The predicted molar refractivity (Wildman–Crippen MR) is 62.5 cm³/mol. The predicted octanol–water partition coefficient (Wildman–Crippen LogP) is 0.488. The van der Waals surface area contributed by atoms with Crippen molar-refractivity contribution in [2.24, 2.45) is 0 Å². The third-order valence-corrected chi connectivity index (χ3v) is 3.42. The number of nitrogens with zero attached hydrogens (tertiary/aromatic N) is 1. The molecule has 0 bridgehead atoms. The van der Waals surface area contributed by atoms with Gasteiger partial charge in [0.05, 0.1) is 0 Å². The quantitative estimate of drug-likeness (QED) is 0.789. The lowest BCUT2D eigenvalue weighted by molar-refractivity contribution is 0.566. The highest BCUT2D eigenvalue weighted by Crippen LogP contribution is 2.07. The third kappa shape index (κ3) is 3.55. The van der Waals surface area contributed by atoms with E-state index in [4.69, 9.17) is 0 Å². The van der Waals surface area contributed by atoms with Crippen LogP contribution in [0.15, 0.2) is 23.4 Å². The van der Waals surface area contributed by atoms with Crippen LogP contribution in [0, 0.1) is 0 Å². The van der Waals surface area contributed by atoms with Crippen LogP contribution < -0.4 is 10.0 Å². The zero-order chi connectivity index (χ0) is 12.2. The summed E-state index contributed by atoms with van der Waals surface area (Å²) in [5.74, 6) is 0. The minimum atomic E-state index is -3.47. The molecule has 0 amide bonds. The average molecular weight is 243 g/mol. The summed E-state index contributed by atoms with van der Waals surface area (Å²) in [6.45, 7) is 4.21. The number of aromatic nitrogens is 1. The Hall–Kier alpha value is -0.980. The molecule has 90 valence electrons. The first-order chi connectivity index (χ1) is 7.45. The first-order valence-corrected chi connectivity index (χ1v) is 6.56. The number of sulfonamides is 1. The van der Waals surface area contributed by atoms with E-state index < -0.39 is 10.0 Å². The van der Waals surface area contributed by atoms with E-state index in [-0.39, 0.29) is 11.1 Å². The van der Waals surface area contributed by atoms with Crippen LogP contribution in [0.25, 0.3) is 0 Å². The summed E-state index contributed by atoms with van der Waals surface area (Å²) in [4.78, 5) is 3.93. The lowest BCUT2D eigenvalue weighted by atomic mass is 10.3. The van der Waals surface area contributed by atoms with E-state index in [1.165, 1.54) is 6.07 Å². The Morgan fingerprint density at radius 2 is 2.06 bits per heavy atom. The molecule has 1 heterocycles. The summed E-state index contributed by atoms with van der Waals surface area (Å²) in [6.07, 6.45) is 1.56. The zero-order valence-corrected chi connectivity index (χ0v) is 10.5. The molecule has 0 aromatic carbocycles. The second-order valence-electron chi connectivity index (χ2n) is 3.81. The van der Waals surface area contributed by atoms with Crippen LogP contribution in [0.2, 0.25) is 0 Å². The fraction of sp³-hybridized carbons (Fsp3) is 0.500. The molecule has 1 aromatic heterocycles. The average Bonchev–Trinajstić information content (AvgIpc) is 2.17. The largest absolute Gasteiger partial charge is 0.316 e. The molecule has 1 rings (SSSR count). The second-order valence-corrected chi connectivity index (χ2v) is 5.47. The highest BCUT2D eigenvalue weighted by atomic mass is 32.2. The normalized spacial score (nSPS) is 12.0. The SMILES string of the molecule is CNCc1ccc(S(=O)(=O)NC(C)C)nc1. The number of hydrogen-bond acceptors (Lipinski definition) is 4. The highest BCUT2D eigenvalue weighted by Gasteiger charge is 2.16. The van der Waals surface area contributed by atoms with Gasteiger partial charge in [-0.2, -0.15) is 0 Å². The van der Waals surface area contributed by atoms with Crippen LogP contribution in [0.5, 0.6) is 0 Å². The molecule has 0 aliphatic carbocycles. The maximum atomic E-state index is 11.7. The molecule has 6 heteroatoms. The van der Waals surface area contributed by atoms with Gasteiger partial charge < -0.3 is 5.32 Å². The summed E-state index contributed by atoms with van der Waals surface area (Å²) in [5, 5.41) is 3.03. The number of hydrogen-bond donors (Lipinski definition) is 2. The topological polar surface area (TPSA) is 71.1 Å². The van der Waals surface area contributed by atoms with Crippen LogP contribution in [-0.2, 0) is 16.6 Å². The molecule has 1 aromatic rings. The van der Waals surface area contributed by atoms with E-state index >= 15 is 0 Å². The number of rotatable bonds is 5. The molecule has 0 aliphatic heterocycles. The lowest BCUT2D eigenvalue weighted by Crippen LogP contribution is -2.30. The van der Waals surface area contributed by atoms with Crippen LogP contribution >= 0.6 is 0 Å². The van der Waals surface area contributed by atoms with E-state index in [2.05, 4.69) is 15.0 Å². The van der Waals surface area contributed by atoms with Crippen LogP contribution in [0.3, 0.4) is 0 Å². The standard InChI is InChI=1S/C10H17N3O2S/c1-8(2)13-16(14,15)10-5-4-9(6-11-3)7-12-10/h4-5,7-8,11,13H,6H2,1-3H3. The Labute approximate surface area is 96.3 Å². The molecule has 0 saturated carbocycles. The smallest absolute Gasteiger partial charge is 0.258 e. The lowest BCUT2D eigenvalue weighted by Gasteiger charge is -2.09. The van der Waals surface area contributed by atoms with E-state index in [1.807, 2.05) is 7.05 Å². The first-order valence-electron chi connectivity index (χ1n) is 5.07. The molecule has 0 unspecified atom stereocenters. The monoisotopic (exact) mass is 243 g/mol.